The molecule has 178 valence electrons. The van der Waals surface area contributed by atoms with E-state index in [0.29, 0.717) is 13.1 Å². The van der Waals surface area contributed by atoms with Gasteiger partial charge in [0.25, 0.3) is 11.8 Å². The van der Waals surface area contributed by atoms with Crippen LogP contribution in [0.25, 0.3) is 0 Å². The first kappa shape index (κ1) is 23.1. The molecule has 1 saturated carbocycles. The van der Waals surface area contributed by atoms with E-state index in [1.807, 2.05) is 5.32 Å². The van der Waals surface area contributed by atoms with Crippen LogP contribution < -0.4 is 10.7 Å². The Kier molecular flexibility index (Phi) is 6.62. The molecule has 1 aliphatic carbocycles. The zero-order chi connectivity index (χ0) is 23.6. The molecular weight excluding hydrogens is 439 g/mol. The second kappa shape index (κ2) is 9.44. The van der Waals surface area contributed by atoms with Crippen LogP contribution in [-0.4, -0.2) is 40.5 Å². The lowest BCUT2D eigenvalue weighted by Crippen LogP contribution is -2.42. The van der Waals surface area contributed by atoms with Crippen LogP contribution in [0.15, 0.2) is 40.0 Å². The van der Waals surface area contributed by atoms with E-state index in [1.54, 1.807) is 9.47 Å². The van der Waals surface area contributed by atoms with Gasteiger partial charge in [-0.05, 0) is 44.2 Å². The molecule has 1 atom stereocenters. The molecule has 0 spiro atoms. The maximum atomic E-state index is 13.6. The molecule has 1 aliphatic heterocycles. The first-order valence-electron chi connectivity index (χ1n) is 11.2. The van der Waals surface area contributed by atoms with E-state index >= 15 is 0 Å². The number of furan rings is 1. The minimum Gasteiger partial charge on any atom is -0.467 e. The van der Waals surface area contributed by atoms with Crippen LogP contribution in [0.3, 0.4) is 0 Å². The molecule has 0 bridgehead atoms. The number of amides is 2. The number of likely N-dealkylation sites (tertiary alicyclic amines) is 1. The van der Waals surface area contributed by atoms with Gasteiger partial charge in [-0.15, -0.1) is 0 Å². The van der Waals surface area contributed by atoms with E-state index in [9.17, 15) is 27.6 Å². The summed E-state index contributed by atoms with van der Waals surface area (Å²) in [6.07, 6.45) is 5.13. The lowest BCUT2D eigenvalue weighted by molar-refractivity contribution is -0.159. The van der Waals surface area contributed by atoms with Crippen LogP contribution in [-0.2, 0) is 0 Å². The highest BCUT2D eigenvalue weighted by molar-refractivity contribution is 5.99. The second-order valence-corrected chi connectivity index (χ2v) is 8.62. The number of nitrogens with one attached hydrogen (secondary N) is 1. The number of carbonyl (C=O) groups is 2. The molecule has 1 N–H and O–H groups in total. The Morgan fingerprint density at radius 3 is 2.30 bits per heavy atom. The van der Waals surface area contributed by atoms with Gasteiger partial charge in [-0.3, -0.25) is 14.4 Å². The summed E-state index contributed by atoms with van der Waals surface area (Å²) >= 11 is 0. The summed E-state index contributed by atoms with van der Waals surface area (Å²) in [4.78, 5) is 40.8. The van der Waals surface area contributed by atoms with E-state index in [1.165, 1.54) is 18.5 Å². The summed E-state index contributed by atoms with van der Waals surface area (Å²) in [6, 6.07) is -0.0501. The standard InChI is InChI=1S/C23H26F3N3O4/c24-23(25,26)20(18-9-6-12-33-18)27-21(31)16-13-29(15-7-2-3-8-15)14-17(19(16)30)22(32)28-10-4-1-5-11-28/h6,9,12-15,20H,1-5,7-8,10-11H2,(H,27,31)/t20-/m1/s1. The average molecular weight is 465 g/mol. The number of rotatable bonds is 5. The molecule has 10 heteroatoms. The maximum absolute atomic E-state index is 13.6. The Labute approximate surface area is 188 Å². The van der Waals surface area contributed by atoms with Crippen LogP contribution in [0.1, 0.15) is 83.5 Å². The third kappa shape index (κ3) is 4.99. The Morgan fingerprint density at radius 2 is 1.70 bits per heavy atom. The molecular formula is C23H26F3N3O4. The number of carbonyl (C=O) groups excluding carboxylic acids is 2. The highest BCUT2D eigenvalue weighted by atomic mass is 19.4. The number of nitrogens with zero attached hydrogens (tertiary/aromatic N) is 2. The average Bonchev–Trinajstić information content (AvgIpc) is 3.51. The van der Waals surface area contributed by atoms with E-state index in [4.69, 9.17) is 4.42 Å². The topological polar surface area (TPSA) is 84.6 Å². The van der Waals surface area contributed by atoms with Gasteiger partial charge in [0.05, 0.1) is 6.26 Å². The number of alkyl halides is 3. The van der Waals surface area contributed by atoms with Crippen molar-refractivity contribution in [3.05, 3.63) is 57.9 Å². The van der Waals surface area contributed by atoms with Gasteiger partial charge in [0, 0.05) is 31.5 Å². The van der Waals surface area contributed by atoms with Crippen molar-refractivity contribution in [1.82, 2.24) is 14.8 Å². The molecule has 3 heterocycles. The third-order valence-electron chi connectivity index (χ3n) is 6.34. The predicted molar refractivity (Wildman–Crippen MR) is 113 cm³/mol. The van der Waals surface area contributed by atoms with Gasteiger partial charge in [-0.2, -0.15) is 13.2 Å². The first-order valence-corrected chi connectivity index (χ1v) is 11.2. The van der Waals surface area contributed by atoms with Crippen molar-refractivity contribution in [2.75, 3.05) is 13.1 Å². The smallest absolute Gasteiger partial charge is 0.415 e. The summed E-state index contributed by atoms with van der Waals surface area (Å²) < 4.78 is 47.4. The van der Waals surface area contributed by atoms with Crippen LogP contribution in [0, 0.1) is 0 Å². The zero-order valence-corrected chi connectivity index (χ0v) is 18.1. The molecule has 4 rings (SSSR count). The molecule has 0 radical (unpaired) electrons. The minimum atomic E-state index is -4.83. The number of hydrogen-bond donors (Lipinski definition) is 1. The molecule has 0 unspecified atom stereocenters. The van der Waals surface area contributed by atoms with E-state index in [2.05, 4.69) is 0 Å². The Balaban J connectivity index is 1.71. The van der Waals surface area contributed by atoms with E-state index < -0.39 is 40.8 Å². The monoisotopic (exact) mass is 465 g/mol. The fourth-order valence-electron chi connectivity index (χ4n) is 4.57. The molecule has 7 nitrogen and oxygen atoms in total. The molecule has 2 amide bonds. The van der Waals surface area contributed by atoms with Crippen molar-refractivity contribution in [2.24, 2.45) is 0 Å². The lowest BCUT2D eigenvalue weighted by atomic mass is 10.1. The Hall–Kier alpha value is -3.04. The third-order valence-corrected chi connectivity index (χ3v) is 6.34. The number of halogens is 3. The summed E-state index contributed by atoms with van der Waals surface area (Å²) in [7, 11) is 0. The van der Waals surface area contributed by atoms with Crippen LogP contribution in [0.2, 0.25) is 0 Å². The van der Waals surface area contributed by atoms with Gasteiger partial charge in [-0.1, -0.05) is 12.8 Å². The SMILES string of the molecule is O=C(N[C@H](c1ccco1)C(F)(F)F)c1cn(C2CCCC2)cc(C(=O)N2CCCCC2)c1=O. The van der Waals surface area contributed by atoms with Gasteiger partial charge >= 0.3 is 6.18 Å². The molecule has 0 aromatic carbocycles. The molecule has 2 aromatic rings. The maximum Gasteiger partial charge on any atom is 0.415 e. The van der Waals surface area contributed by atoms with Crippen molar-refractivity contribution < 1.29 is 27.2 Å². The van der Waals surface area contributed by atoms with E-state index in [-0.39, 0.29) is 11.6 Å². The number of hydrogen-bond acceptors (Lipinski definition) is 4. The molecule has 33 heavy (non-hydrogen) atoms. The van der Waals surface area contributed by atoms with Gasteiger partial charge in [-0.25, -0.2) is 0 Å². The number of aromatic nitrogens is 1. The van der Waals surface area contributed by atoms with Crippen molar-refractivity contribution in [3.8, 4) is 0 Å². The summed E-state index contributed by atoms with van der Waals surface area (Å²) in [5, 5.41) is 1.88. The quantitative estimate of drug-likeness (QED) is 0.717. The van der Waals surface area contributed by atoms with Crippen LogP contribution in [0.4, 0.5) is 13.2 Å². The fourth-order valence-corrected chi connectivity index (χ4v) is 4.57. The Morgan fingerprint density at radius 1 is 1.03 bits per heavy atom. The van der Waals surface area contributed by atoms with Crippen molar-refractivity contribution in [1.29, 1.82) is 0 Å². The Bertz CT molecular complexity index is 1050. The van der Waals surface area contributed by atoms with Crippen LogP contribution in [0.5, 0.6) is 0 Å². The van der Waals surface area contributed by atoms with Crippen molar-refractivity contribution in [3.63, 3.8) is 0 Å². The van der Waals surface area contributed by atoms with Gasteiger partial charge in [0.2, 0.25) is 5.43 Å². The van der Waals surface area contributed by atoms with Crippen LogP contribution >= 0.6 is 0 Å². The summed E-state index contributed by atoms with van der Waals surface area (Å²) in [5.74, 6) is -2.18. The molecule has 2 aliphatic rings. The predicted octanol–water partition coefficient (Wildman–Crippen LogP) is 4.22. The lowest BCUT2D eigenvalue weighted by Gasteiger charge is -2.27. The van der Waals surface area contributed by atoms with Crippen molar-refractivity contribution >= 4 is 11.8 Å². The number of pyridine rings is 1. The normalized spacial score (nSPS) is 18.3. The van der Waals surface area contributed by atoms with E-state index in [0.717, 1.165) is 57.3 Å². The summed E-state index contributed by atoms with van der Waals surface area (Å²) in [6.45, 7) is 1.01. The highest BCUT2D eigenvalue weighted by Gasteiger charge is 2.44. The molecule has 2 aromatic heterocycles. The molecule has 2 fully saturated rings. The second-order valence-electron chi connectivity index (χ2n) is 8.62. The minimum absolute atomic E-state index is 0.0199. The zero-order valence-electron chi connectivity index (χ0n) is 18.1. The first-order chi connectivity index (χ1) is 15.8. The van der Waals surface area contributed by atoms with Crippen molar-refractivity contribution in [2.45, 2.75) is 63.2 Å². The summed E-state index contributed by atoms with van der Waals surface area (Å²) in [5.41, 5.74) is -1.53. The number of piperidine rings is 1. The molecule has 1 saturated heterocycles. The highest BCUT2D eigenvalue weighted by Crippen LogP contribution is 2.33. The van der Waals surface area contributed by atoms with Gasteiger partial charge < -0.3 is 19.2 Å². The fraction of sp³-hybridized carbons (Fsp3) is 0.522. The van der Waals surface area contributed by atoms with Gasteiger partial charge in [0.1, 0.15) is 16.9 Å². The largest absolute Gasteiger partial charge is 0.467 e. The van der Waals surface area contributed by atoms with Gasteiger partial charge in [0.15, 0.2) is 6.04 Å².